The van der Waals surface area contributed by atoms with Gasteiger partial charge in [0.1, 0.15) is 0 Å². The van der Waals surface area contributed by atoms with E-state index in [1.807, 2.05) is 6.20 Å². The van der Waals surface area contributed by atoms with Crippen molar-refractivity contribution < 1.29 is 0 Å². The van der Waals surface area contributed by atoms with Crippen molar-refractivity contribution in [1.82, 2.24) is 4.98 Å². The van der Waals surface area contributed by atoms with E-state index < -0.39 is 0 Å². The zero-order chi connectivity index (χ0) is 11.1. The van der Waals surface area contributed by atoms with E-state index in [0.29, 0.717) is 5.92 Å². The Hall–Kier alpha value is -1.11. The van der Waals surface area contributed by atoms with Crippen LogP contribution < -0.4 is 0 Å². The third kappa shape index (κ3) is 3.86. The topological polar surface area (TPSA) is 12.9 Å². The van der Waals surface area contributed by atoms with E-state index in [9.17, 15) is 0 Å². The summed E-state index contributed by atoms with van der Waals surface area (Å²) < 4.78 is 0. The molecular formula is C14H21N. The number of hydrogen-bond acceptors (Lipinski definition) is 1. The lowest BCUT2D eigenvalue weighted by Crippen LogP contribution is -1.98. The Morgan fingerprint density at radius 3 is 2.67 bits per heavy atom. The number of nitrogens with zero attached hydrogens (tertiary/aromatic N) is 1. The summed E-state index contributed by atoms with van der Waals surface area (Å²) >= 11 is 0. The van der Waals surface area contributed by atoms with E-state index in [-0.39, 0.29) is 0 Å². The Morgan fingerprint density at radius 1 is 1.40 bits per heavy atom. The van der Waals surface area contributed by atoms with Gasteiger partial charge in [0, 0.05) is 11.9 Å². The fourth-order valence-corrected chi connectivity index (χ4v) is 1.65. The summed E-state index contributed by atoms with van der Waals surface area (Å²) in [5.74, 6) is 0.649. The van der Waals surface area contributed by atoms with E-state index >= 15 is 0 Å². The van der Waals surface area contributed by atoms with Crippen molar-refractivity contribution in [2.24, 2.45) is 5.92 Å². The number of hydrogen-bond donors (Lipinski definition) is 0. The molecule has 1 nitrogen and oxygen atoms in total. The highest BCUT2D eigenvalue weighted by molar-refractivity contribution is 5.14. The van der Waals surface area contributed by atoms with E-state index in [4.69, 9.17) is 0 Å². The lowest BCUT2D eigenvalue weighted by Gasteiger charge is -2.08. The van der Waals surface area contributed by atoms with Crippen molar-refractivity contribution >= 4 is 0 Å². The van der Waals surface area contributed by atoms with E-state index in [0.717, 1.165) is 12.8 Å². The maximum Gasteiger partial charge on any atom is 0.0401 e. The summed E-state index contributed by atoms with van der Waals surface area (Å²) in [6, 6.07) is 4.33. The molecule has 82 valence electrons. The van der Waals surface area contributed by atoms with Crippen LogP contribution in [-0.2, 0) is 12.8 Å². The van der Waals surface area contributed by atoms with Crippen molar-refractivity contribution in [3.05, 3.63) is 42.2 Å². The Kier molecular flexibility index (Phi) is 5.09. The van der Waals surface area contributed by atoms with Gasteiger partial charge in [0.05, 0.1) is 0 Å². The molecule has 15 heavy (non-hydrogen) atoms. The highest BCUT2D eigenvalue weighted by Crippen LogP contribution is 2.13. The molecule has 0 saturated heterocycles. The molecule has 1 rings (SSSR count). The molecule has 0 aliphatic heterocycles. The maximum atomic E-state index is 4.40. The molecule has 1 aromatic rings. The van der Waals surface area contributed by atoms with Crippen LogP contribution in [-0.4, -0.2) is 4.98 Å². The fourth-order valence-electron chi connectivity index (χ4n) is 1.65. The summed E-state index contributed by atoms with van der Waals surface area (Å²) in [7, 11) is 0. The highest BCUT2D eigenvalue weighted by Gasteiger charge is 2.02. The van der Waals surface area contributed by atoms with E-state index in [2.05, 4.69) is 43.6 Å². The SMILES string of the molecule is C=CC(CC)CCc1ccc(CC)nc1. The largest absolute Gasteiger partial charge is 0.261 e. The molecule has 1 heteroatoms. The Balaban J connectivity index is 2.46. The molecule has 0 bridgehead atoms. The minimum absolute atomic E-state index is 0.649. The molecule has 0 fully saturated rings. The zero-order valence-corrected chi connectivity index (χ0v) is 9.87. The molecule has 1 aromatic heterocycles. The van der Waals surface area contributed by atoms with E-state index in [1.54, 1.807) is 0 Å². The van der Waals surface area contributed by atoms with Crippen LogP contribution in [0, 0.1) is 5.92 Å². The molecule has 0 radical (unpaired) electrons. The maximum absolute atomic E-state index is 4.40. The summed E-state index contributed by atoms with van der Waals surface area (Å²) in [4.78, 5) is 4.40. The first-order chi connectivity index (χ1) is 7.30. The van der Waals surface area contributed by atoms with Crippen LogP contribution in [0.3, 0.4) is 0 Å². The minimum atomic E-state index is 0.649. The molecular weight excluding hydrogens is 182 g/mol. The van der Waals surface area contributed by atoms with Crippen LogP contribution in [0.25, 0.3) is 0 Å². The van der Waals surface area contributed by atoms with Crippen molar-refractivity contribution in [1.29, 1.82) is 0 Å². The van der Waals surface area contributed by atoms with Crippen molar-refractivity contribution in [3.8, 4) is 0 Å². The summed E-state index contributed by atoms with van der Waals surface area (Å²) in [5, 5.41) is 0. The first-order valence-corrected chi connectivity index (χ1v) is 5.86. The van der Waals surface area contributed by atoms with Gasteiger partial charge in [-0.3, -0.25) is 4.98 Å². The third-order valence-corrected chi connectivity index (χ3v) is 2.91. The van der Waals surface area contributed by atoms with E-state index in [1.165, 1.54) is 24.1 Å². The normalized spacial score (nSPS) is 12.4. The van der Waals surface area contributed by atoms with Gasteiger partial charge in [-0.2, -0.15) is 0 Å². The Morgan fingerprint density at radius 2 is 2.20 bits per heavy atom. The number of allylic oxidation sites excluding steroid dienone is 1. The number of aryl methyl sites for hydroxylation is 2. The monoisotopic (exact) mass is 203 g/mol. The zero-order valence-electron chi connectivity index (χ0n) is 9.87. The van der Waals surface area contributed by atoms with Gasteiger partial charge in [0.25, 0.3) is 0 Å². The Labute approximate surface area is 93.2 Å². The lowest BCUT2D eigenvalue weighted by atomic mass is 9.98. The van der Waals surface area contributed by atoms with Crippen molar-refractivity contribution in [2.75, 3.05) is 0 Å². The quantitative estimate of drug-likeness (QED) is 0.641. The summed E-state index contributed by atoms with van der Waals surface area (Å²) in [6.45, 7) is 8.20. The second kappa shape index (κ2) is 6.39. The van der Waals surface area contributed by atoms with Crippen LogP contribution in [0.15, 0.2) is 31.0 Å². The van der Waals surface area contributed by atoms with Crippen LogP contribution in [0.2, 0.25) is 0 Å². The molecule has 0 aliphatic carbocycles. The molecule has 1 heterocycles. The molecule has 0 N–H and O–H groups in total. The smallest absolute Gasteiger partial charge is 0.0401 e. The highest BCUT2D eigenvalue weighted by atomic mass is 14.7. The second-order valence-corrected chi connectivity index (χ2v) is 3.95. The molecule has 0 aromatic carbocycles. The number of pyridine rings is 1. The fraction of sp³-hybridized carbons (Fsp3) is 0.500. The average Bonchev–Trinajstić information content (AvgIpc) is 2.31. The lowest BCUT2D eigenvalue weighted by molar-refractivity contribution is 0.573. The van der Waals surface area contributed by atoms with Gasteiger partial charge in [-0.15, -0.1) is 6.58 Å². The predicted octanol–water partition coefficient (Wildman–Crippen LogP) is 3.79. The van der Waals surface area contributed by atoms with Crippen LogP contribution in [0.1, 0.15) is 37.9 Å². The minimum Gasteiger partial charge on any atom is -0.261 e. The molecule has 0 saturated carbocycles. The molecule has 1 atom stereocenters. The van der Waals surface area contributed by atoms with Crippen molar-refractivity contribution in [3.63, 3.8) is 0 Å². The molecule has 0 aliphatic rings. The standard InChI is InChI=1S/C14H21N/c1-4-12(5-2)7-8-13-9-10-14(6-3)15-11-13/h4,9-12H,1,5-8H2,2-3H3. The Bertz CT molecular complexity index is 287. The number of rotatable bonds is 6. The predicted molar refractivity (Wildman–Crippen MR) is 65.9 cm³/mol. The molecule has 0 amide bonds. The first-order valence-electron chi connectivity index (χ1n) is 5.86. The van der Waals surface area contributed by atoms with Gasteiger partial charge >= 0.3 is 0 Å². The van der Waals surface area contributed by atoms with Crippen LogP contribution in [0.4, 0.5) is 0 Å². The van der Waals surface area contributed by atoms with Crippen LogP contribution in [0.5, 0.6) is 0 Å². The third-order valence-electron chi connectivity index (χ3n) is 2.91. The van der Waals surface area contributed by atoms with Gasteiger partial charge in [0.2, 0.25) is 0 Å². The van der Waals surface area contributed by atoms with Gasteiger partial charge in [-0.1, -0.05) is 26.0 Å². The van der Waals surface area contributed by atoms with Crippen molar-refractivity contribution in [2.45, 2.75) is 39.5 Å². The van der Waals surface area contributed by atoms with Gasteiger partial charge in [-0.25, -0.2) is 0 Å². The summed E-state index contributed by atoms with van der Waals surface area (Å²) in [5.41, 5.74) is 2.52. The van der Waals surface area contributed by atoms with Crippen LogP contribution >= 0.6 is 0 Å². The average molecular weight is 203 g/mol. The van der Waals surface area contributed by atoms with Gasteiger partial charge < -0.3 is 0 Å². The summed E-state index contributed by atoms with van der Waals surface area (Å²) in [6.07, 6.45) is 8.58. The van der Waals surface area contributed by atoms with Gasteiger partial charge in [-0.05, 0) is 43.2 Å². The molecule has 1 unspecified atom stereocenters. The second-order valence-electron chi connectivity index (χ2n) is 3.95. The first kappa shape index (κ1) is 12.0. The van der Waals surface area contributed by atoms with Gasteiger partial charge in [0.15, 0.2) is 0 Å². The molecule has 0 spiro atoms. The number of aromatic nitrogens is 1.